The van der Waals surface area contributed by atoms with Crippen LogP contribution in [0.15, 0.2) is 66.7 Å². The number of aryl methyl sites for hydroxylation is 1. The summed E-state index contributed by atoms with van der Waals surface area (Å²) in [6.45, 7) is 2.00. The number of carboxylic acid groups (broad SMARTS) is 1. The number of fused-ring (bicyclic) bond motifs is 3. The molecule has 5 rings (SSSR count). The summed E-state index contributed by atoms with van der Waals surface area (Å²) in [7, 11) is 1.50. The van der Waals surface area contributed by atoms with Gasteiger partial charge in [0.25, 0.3) is 5.91 Å². The molecule has 2 aliphatic carbocycles. The molecule has 3 aromatic rings. The maximum absolute atomic E-state index is 12.9. The van der Waals surface area contributed by atoms with E-state index in [0.29, 0.717) is 24.1 Å². The van der Waals surface area contributed by atoms with Crippen molar-refractivity contribution < 1.29 is 24.2 Å². The van der Waals surface area contributed by atoms with Crippen LogP contribution in [0.25, 0.3) is 11.1 Å². The van der Waals surface area contributed by atoms with E-state index in [2.05, 4.69) is 29.6 Å². The molecule has 0 aliphatic heterocycles. The zero-order valence-electron chi connectivity index (χ0n) is 19.6. The Kier molecular flexibility index (Phi) is 5.55. The molecule has 0 unspecified atom stereocenters. The predicted octanol–water partition coefficient (Wildman–Crippen LogP) is 5.05. The lowest BCUT2D eigenvalue weighted by molar-refractivity contribution is -0.143. The first-order chi connectivity index (χ1) is 16.8. The summed E-state index contributed by atoms with van der Waals surface area (Å²) in [6.07, 6.45) is 0.250. The molecule has 0 radical (unpaired) electrons. The minimum absolute atomic E-state index is 0.0541. The molecule has 3 aromatic carbocycles. The van der Waals surface area contributed by atoms with Crippen molar-refractivity contribution in [3.05, 3.63) is 89.0 Å². The lowest BCUT2D eigenvalue weighted by Crippen LogP contribution is -2.44. The second-order valence-electron chi connectivity index (χ2n) is 9.18. The van der Waals surface area contributed by atoms with Gasteiger partial charge in [0.15, 0.2) is 0 Å². The van der Waals surface area contributed by atoms with Gasteiger partial charge in [-0.05, 0) is 59.7 Å². The summed E-state index contributed by atoms with van der Waals surface area (Å²) in [5.41, 5.74) is 4.93. The highest BCUT2D eigenvalue weighted by atomic mass is 16.5. The highest BCUT2D eigenvalue weighted by Gasteiger charge is 2.55. The molecule has 0 bridgehead atoms. The van der Waals surface area contributed by atoms with Crippen LogP contribution in [0.3, 0.4) is 0 Å². The Hall–Kier alpha value is -4.13. The number of nitrogens with zero attached hydrogens (tertiary/aromatic N) is 1. The fourth-order valence-electron chi connectivity index (χ4n) is 4.83. The van der Waals surface area contributed by atoms with Crippen LogP contribution in [0.4, 0.5) is 10.5 Å². The molecule has 7 nitrogen and oxygen atoms in total. The zero-order chi connectivity index (χ0) is 24.7. The van der Waals surface area contributed by atoms with Gasteiger partial charge in [-0.1, -0.05) is 54.6 Å². The van der Waals surface area contributed by atoms with Crippen LogP contribution in [0.1, 0.15) is 45.8 Å². The Bertz CT molecular complexity index is 1300. The van der Waals surface area contributed by atoms with Gasteiger partial charge < -0.3 is 14.7 Å². The number of rotatable bonds is 6. The molecule has 1 saturated carbocycles. The van der Waals surface area contributed by atoms with Gasteiger partial charge in [-0.15, -0.1) is 0 Å². The van der Waals surface area contributed by atoms with Gasteiger partial charge in [-0.3, -0.25) is 10.1 Å². The molecule has 178 valence electrons. The van der Waals surface area contributed by atoms with Crippen molar-refractivity contribution in [3.63, 3.8) is 0 Å². The quantitative estimate of drug-likeness (QED) is 0.526. The summed E-state index contributed by atoms with van der Waals surface area (Å²) in [6, 6.07) is 21.2. The van der Waals surface area contributed by atoms with E-state index in [1.54, 1.807) is 18.2 Å². The number of anilines is 1. The highest BCUT2D eigenvalue weighted by molar-refractivity contribution is 6.00. The van der Waals surface area contributed by atoms with Gasteiger partial charge in [0.1, 0.15) is 12.1 Å². The molecular formula is C28H26N2O5. The topological polar surface area (TPSA) is 95.9 Å². The first-order valence-electron chi connectivity index (χ1n) is 11.6. The van der Waals surface area contributed by atoms with Gasteiger partial charge in [0.2, 0.25) is 0 Å². The Morgan fingerprint density at radius 3 is 2.17 bits per heavy atom. The van der Waals surface area contributed by atoms with Gasteiger partial charge in [0, 0.05) is 24.2 Å². The van der Waals surface area contributed by atoms with Crippen LogP contribution in [0.5, 0.6) is 0 Å². The normalized spacial score (nSPS) is 15.0. The second-order valence-corrected chi connectivity index (χ2v) is 9.18. The summed E-state index contributed by atoms with van der Waals surface area (Å²) >= 11 is 0. The standard InChI is InChI=1S/C28H26N2O5/c1-17-11-12-18(25(31)30(2)28(13-14-28)26(32)33)15-24(17)29-27(34)35-16-23-21-9-5-3-7-19(21)20-8-4-6-10-22(20)23/h3-12,15,23H,13-14,16H2,1-2H3,(H,29,34)(H,32,33). The van der Waals surface area contributed by atoms with Crippen molar-refractivity contribution in [2.45, 2.75) is 31.2 Å². The largest absolute Gasteiger partial charge is 0.479 e. The minimum atomic E-state index is -1.14. The Morgan fingerprint density at radius 1 is 1.00 bits per heavy atom. The molecule has 0 saturated heterocycles. The Morgan fingerprint density at radius 2 is 1.60 bits per heavy atom. The van der Waals surface area contributed by atoms with Gasteiger partial charge in [0.05, 0.1) is 0 Å². The summed E-state index contributed by atoms with van der Waals surface area (Å²) in [5, 5.41) is 12.2. The van der Waals surface area contributed by atoms with Crippen molar-refractivity contribution in [1.82, 2.24) is 4.90 Å². The zero-order valence-corrected chi connectivity index (χ0v) is 19.6. The van der Waals surface area contributed by atoms with Crippen molar-refractivity contribution in [2.24, 2.45) is 0 Å². The highest BCUT2D eigenvalue weighted by Crippen LogP contribution is 2.44. The van der Waals surface area contributed by atoms with Crippen molar-refractivity contribution in [2.75, 3.05) is 19.0 Å². The molecule has 2 aliphatic rings. The van der Waals surface area contributed by atoms with Crippen LogP contribution in [0, 0.1) is 6.92 Å². The number of amides is 2. The molecule has 0 aromatic heterocycles. The first-order valence-corrected chi connectivity index (χ1v) is 11.6. The van der Waals surface area contributed by atoms with Gasteiger partial charge in [-0.25, -0.2) is 9.59 Å². The third kappa shape index (κ3) is 3.93. The predicted molar refractivity (Wildman–Crippen MR) is 132 cm³/mol. The van der Waals surface area contributed by atoms with E-state index in [1.165, 1.54) is 11.9 Å². The maximum Gasteiger partial charge on any atom is 0.411 e. The lowest BCUT2D eigenvalue weighted by Gasteiger charge is -2.25. The first kappa shape index (κ1) is 22.7. The van der Waals surface area contributed by atoms with Crippen LogP contribution >= 0.6 is 0 Å². The van der Waals surface area contributed by atoms with Crippen molar-refractivity contribution >= 4 is 23.7 Å². The number of carboxylic acids is 1. The summed E-state index contributed by atoms with van der Waals surface area (Å²) in [5.74, 6) is -1.46. The van der Waals surface area contributed by atoms with E-state index in [1.807, 2.05) is 31.2 Å². The number of nitrogens with one attached hydrogen (secondary N) is 1. The van der Waals surface area contributed by atoms with E-state index in [4.69, 9.17) is 4.74 Å². The molecule has 2 N–H and O–H groups in total. The molecule has 0 heterocycles. The van der Waals surface area contributed by atoms with Crippen molar-refractivity contribution in [3.8, 4) is 11.1 Å². The number of hydrogen-bond donors (Lipinski definition) is 2. The van der Waals surface area contributed by atoms with E-state index in [9.17, 15) is 19.5 Å². The maximum atomic E-state index is 12.9. The Labute approximate surface area is 203 Å². The molecular weight excluding hydrogens is 444 g/mol. The number of likely N-dealkylation sites (N-methyl/N-ethyl adjacent to an activating group) is 1. The molecule has 1 fully saturated rings. The van der Waals surface area contributed by atoms with Crippen LogP contribution < -0.4 is 5.32 Å². The summed E-state index contributed by atoms with van der Waals surface area (Å²) in [4.78, 5) is 38.5. The Balaban J connectivity index is 1.29. The molecule has 2 amide bonds. The number of carbonyl (C=O) groups excluding carboxylic acids is 2. The third-order valence-electron chi connectivity index (χ3n) is 7.13. The van der Waals surface area contributed by atoms with Crippen LogP contribution in [-0.2, 0) is 9.53 Å². The second kappa shape index (κ2) is 8.58. The third-order valence-corrected chi connectivity index (χ3v) is 7.13. The number of hydrogen-bond acceptors (Lipinski definition) is 4. The average molecular weight is 471 g/mol. The van der Waals surface area contributed by atoms with E-state index in [-0.39, 0.29) is 12.5 Å². The van der Waals surface area contributed by atoms with Crippen LogP contribution in [0.2, 0.25) is 0 Å². The van der Waals surface area contributed by atoms with E-state index in [0.717, 1.165) is 27.8 Å². The number of ether oxygens (including phenoxy) is 1. The fraction of sp³-hybridized carbons (Fsp3) is 0.250. The SMILES string of the molecule is Cc1ccc(C(=O)N(C)C2(C(=O)O)CC2)cc1NC(=O)OCC1c2ccccc2-c2ccccc21. The molecule has 0 atom stereocenters. The fourth-order valence-corrected chi connectivity index (χ4v) is 4.83. The lowest BCUT2D eigenvalue weighted by atomic mass is 9.98. The van der Waals surface area contributed by atoms with Gasteiger partial charge in [-0.2, -0.15) is 0 Å². The average Bonchev–Trinajstić information content (AvgIpc) is 3.62. The molecule has 35 heavy (non-hydrogen) atoms. The minimum Gasteiger partial charge on any atom is -0.479 e. The van der Waals surface area contributed by atoms with Crippen LogP contribution in [-0.4, -0.2) is 47.2 Å². The molecule has 0 spiro atoms. The number of benzene rings is 3. The van der Waals surface area contributed by atoms with Crippen molar-refractivity contribution in [1.29, 1.82) is 0 Å². The monoisotopic (exact) mass is 470 g/mol. The summed E-state index contributed by atoms with van der Waals surface area (Å²) < 4.78 is 5.62. The van der Waals surface area contributed by atoms with E-state index < -0.39 is 23.5 Å². The number of aliphatic carboxylic acids is 1. The van der Waals surface area contributed by atoms with E-state index >= 15 is 0 Å². The smallest absolute Gasteiger partial charge is 0.411 e. The van der Waals surface area contributed by atoms with Gasteiger partial charge >= 0.3 is 12.1 Å². The number of carbonyl (C=O) groups is 3. The molecule has 7 heteroatoms.